The number of halogens is 2. The molecule has 0 spiro atoms. The highest BCUT2D eigenvalue weighted by molar-refractivity contribution is 6.34. The molecule has 2 amide bonds. The molecule has 7 nitrogen and oxygen atoms in total. The lowest BCUT2D eigenvalue weighted by Crippen LogP contribution is -2.35. The number of carbonyl (C=O) groups is 3. The van der Waals surface area contributed by atoms with Crippen molar-refractivity contribution >= 4 is 52.7 Å². The standard InChI is InChI=1S/C21H12Cl2N2O5/c22-12-2-1-3-13(9-12)25-20(27)16(19(26)24-25)10-14-5-7-18(30-14)11-4-6-15(21(28)29)17(23)8-11/h1-10H,(H,24,26)(H,28,29). The van der Waals surface area contributed by atoms with Gasteiger partial charge in [-0.25, -0.2) is 9.80 Å². The molecule has 1 aliphatic rings. The summed E-state index contributed by atoms with van der Waals surface area (Å²) in [6.07, 6.45) is 1.33. The lowest BCUT2D eigenvalue weighted by atomic mass is 10.1. The Hall–Kier alpha value is -3.55. The summed E-state index contributed by atoms with van der Waals surface area (Å²) in [5.41, 5.74) is 3.34. The lowest BCUT2D eigenvalue weighted by Gasteiger charge is -2.14. The van der Waals surface area contributed by atoms with E-state index in [1.807, 2.05) is 0 Å². The molecule has 0 radical (unpaired) electrons. The Morgan fingerprint density at radius 2 is 1.87 bits per heavy atom. The zero-order valence-electron chi connectivity index (χ0n) is 15.1. The third-order valence-corrected chi connectivity index (χ3v) is 4.90. The van der Waals surface area contributed by atoms with E-state index in [2.05, 4.69) is 5.43 Å². The van der Waals surface area contributed by atoms with E-state index >= 15 is 0 Å². The Kier molecular flexibility index (Phi) is 5.07. The fourth-order valence-electron chi connectivity index (χ4n) is 2.92. The van der Waals surface area contributed by atoms with Crippen molar-refractivity contribution < 1.29 is 23.9 Å². The van der Waals surface area contributed by atoms with Gasteiger partial charge in [0.2, 0.25) is 0 Å². The van der Waals surface area contributed by atoms with Crippen molar-refractivity contribution in [1.82, 2.24) is 5.43 Å². The molecular weight excluding hydrogens is 431 g/mol. The Morgan fingerprint density at radius 1 is 1.07 bits per heavy atom. The number of nitrogens with zero attached hydrogens (tertiary/aromatic N) is 1. The summed E-state index contributed by atoms with van der Waals surface area (Å²) < 4.78 is 5.69. The van der Waals surface area contributed by atoms with Gasteiger partial charge in [-0.2, -0.15) is 0 Å². The summed E-state index contributed by atoms with van der Waals surface area (Å²) in [6, 6.07) is 14.1. The van der Waals surface area contributed by atoms with Crippen molar-refractivity contribution in [3.05, 3.63) is 81.5 Å². The molecule has 30 heavy (non-hydrogen) atoms. The van der Waals surface area contributed by atoms with E-state index in [0.29, 0.717) is 22.0 Å². The number of carboxylic acid groups (broad SMARTS) is 1. The first-order valence-corrected chi connectivity index (χ1v) is 9.35. The second-order valence-corrected chi connectivity index (χ2v) is 7.16. The quantitative estimate of drug-likeness (QED) is 0.460. The molecular formula is C21H12Cl2N2O5. The van der Waals surface area contributed by atoms with Crippen LogP contribution in [0.2, 0.25) is 10.0 Å². The molecule has 3 aromatic rings. The van der Waals surface area contributed by atoms with Gasteiger partial charge in [-0.3, -0.25) is 15.0 Å². The molecule has 0 unspecified atom stereocenters. The Labute approximate surface area is 180 Å². The van der Waals surface area contributed by atoms with Crippen LogP contribution in [0.1, 0.15) is 16.1 Å². The topological polar surface area (TPSA) is 99.9 Å². The number of aromatic carboxylic acids is 1. The molecule has 1 fully saturated rings. The molecule has 4 rings (SSSR count). The van der Waals surface area contributed by atoms with E-state index in [1.54, 1.807) is 42.5 Å². The first-order chi connectivity index (χ1) is 14.3. The van der Waals surface area contributed by atoms with Crippen LogP contribution in [0.25, 0.3) is 17.4 Å². The smallest absolute Gasteiger partial charge is 0.337 e. The van der Waals surface area contributed by atoms with Gasteiger partial charge >= 0.3 is 5.97 Å². The summed E-state index contributed by atoms with van der Waals surface area (Å²) in [4.78, 5) is 36.0. The Morgan fingerprint density at radius 3 is 2.57 bits per heavy atom. The van der Waals surface area contributed by atoms with Gasteiger partial charge in [0.15, 0.2) is 0 Å². The highest BCUT2D eigenvalue weighted by Crippen LogP contribution is 2.29. The van der Waals surface area contributed by atoms with Crippen molar-refractivity contribution in [3.63, 3.8) is 0 Å². The average molecular weight is 443 g/mol. The number of hydrogen-bond donors (Lipinski definition) is 2. The van der Waals surface area contributed by atoms with E-state index in [9.17, 15) is 14.4 Å². The maximum absolute atomic E-state index is 12.7. The van der Waals surface area contributed by atoms with Crippen molar-refractivity contribution in [1.29, 1.82) is 0 Å². The van der Waals surface area contributed by atoms with Gasteiger partial charge in [-0.05, 0) is 48.5 Å². The van der Waals surface area contributed by atoms with Gasteiger partial charge in [-0.1, -0.05) is 35.3 Å². The number of rotatable bonds is 4. The number of hydrazine groups is 1. The van der Waals surface area contributed by atoms with E-state index in [0.717, 1.165) is 5.01 Å². The molecule has 1 saturated heterocycles. The van der Waals surface area contributed by atoms with E-state index in [4.69, 9.17) is 32.7 Å². The zero-order chi connectivity index (χ0) is 21.4. The zero-order valence-corrected chi connectivity index (χ0v) is 16.6. The third-order valence-electron chi connectivity index (χ3n) is 4.36. The summed E-state index contributed by atoms with van der Waals surface area (Å²) >= 11 is 11.9. The highest BCUT2D eigenvalue weighted by Gasteiger charge is 2.34. The van der Waals surface area contributed by atoms with Crippen LogP contribution in [0, 0.1) is 0 Å². The molecule has 0 atom stereocenters. The highest BCUT2D eigenvalue weighted by atomic mass is 35.5. The summed E-state index contributed by atoms with van der Waals surface area (Å²) in [6.45, 7) is 0. The number of furan rings is 1. The predicted molar refractivity (Wildman–Crippen MR) is 111 cm³/mol. The number of carboxylic acids is 1. The maximum Gasteiger partial charge on any atom is 0.337 e. The molecule has 0 saturated carbocycles. The van der Waals surface area contributed by atoms with Crippen LogP contribution in [0.15, 0.2) is 64.6 Å². The van der Waals surface area contributed by atoms with Crippen LogP contribution in [0.5, 0.6) is 0 Å². The fraction of sp³-hybridized carbons (Fsp3) is 0. The summed E-state index contributed by atoms with van der Waals surface area (Å²) in [7, 11) is 0. The fourth-order valence-corrected chi connectivity index (χ4v) is 3.37. The first kappa shape index (κ1) is 19.8. The monoisotopic (exact) mass is 442 g/mol. The third kappa shape index (κ3) is 3.68. The molecule has 1 aromatic heterocycles. The van der Waals surface area contributed by atoms with Crippen molar-refractivity contribution in [2.75, 3.05) is 5.01 Å². The number of benzene rings is 2. The minimum absolute atomic E-state index is 0.0244. The molecule has 0 bridgehead atoms. The molecule has 1 aliphatic heterocycles. The van der Waals surface area contributed by atoms with Gasteiger partial charge in [0.25, 0.3) is 11.8 Å². The van der Waals surface area contributed by atoms with E-state index in [1.165, 1.54) is 18.2 Å². The van der Waals surface area contributed by atoms with Crippen LogP contribution >= 0.6 is 23.2 Å². The van der Waals surface area contributed by atoms with Crippen LogP contribution in [-0.2, 0) is 9.59 Å². The van der Waals surface area contributed by atoms with Crippen molar-refractivity contribution in [2.45, 2.75) is 0 Å². The molecule has 150 valence electrons. The minimum atomic E-state index is -1.13. The summed E-state index contributed by atoms with van der Waals surface area (Å²) in [5.74, 6) is -1.58. The molecule has 0 aliphatic carbocycles. The van der Waals surface area contributed by atoms with E-state index in [-0.39, 0.29) is 21.9 Å². The molecule has 2 aromatic carbocycles. The number of anilines is 1. The van der Waals surface area contributed by atoms with Gasteiger partial charge in [0.1, 0.15) is 17.1 Å². The van der Waals surface area contributed by atoms with Crippen LogP contribution in [-0.4, -0.2) is 22.9 Å². The number of carbonyl (C=O) groups excluding carboxylic acids is 2. The van der Waals surface area contributed by atoms with Crippen LogP contribution < -0.4 is 10.4 Å². The van der Waals surface area contributed by atoms with Gasteiger partial charge in [0, 0.05) is 10.6 Å². The molecule has 9 heteroatoms. The number of amides is 2. The average Bonchev–Trinajstić information content (AvgIpc) is 3.28. The second-order valence-electron chi connectivity index (χ2n) is 6.32. The Balaban J connectivity index is 1.61. The normalized spacial score (nSPS) is 15.0. The number of nitrogens with one attached hydrogen (secondary N) is 1. The van der Waals surface area contributed by atoms with Crippen LogP contribution in [0.4, 0.5) is 5.69 Å². The molecule has 2 N–H and O–H groups in total. The SMILES string of the molecule is O=C1NN(c2cccc(Cl)c2)C(=O)C1=Cc1ccc(-c2ccc(C(=O)O)c(Cl)c2)o1. The van der Waals surface area contributed by atoms with Crippen molar-refractivity contribution in [3.8, 4) is 11.3 Å². The summed E-state index contributed by atoms with van der Waals surface area (Å²) in [5, 5.41) is 10.7. The van der Waals surface area contributed by atoms with Gasteiger partial charge in [-0.15, -0.1) is 0 Å². The minimum Gasteiger partial charge on any atom is -0.478 e. The predicted octanol–water partition coefficient (Wildman–Crippen LogP) is 4.41. The van der Waals surface area contributed by atoms with Gasteiger partial charge < -0.3 is 9.52 Å². The van der Waals surface area contributed by atoms with E-state index < -0.39 is 17.8 Å². The largest absolute Gasteiger partial charge is 0.478 e. The molecule has 2 heterocycles. The first-order valence-electron chi connectivity index (χ1n) is 8.59. The van der Waals surface area contributed by atoms with Gasteiger partial charge in [0.05, 0.1) is 16.3 Å². The maximum atomic E-state index is 12.7. The second kappa shape index (κ2) is 7.70. The van der Waals surface area contributed by atoms with Crippen molar-refractivity contribution in [2.24, 2.45) is 0 Å². The lowest BCUT2D eigenvalue weighted by molar-refractivity contribution is -0.117. The number of hydrogen-bond acceptors (Lipinski definition) is 4. The van der Waals surface area contributed by atoms with Crippen LogP contribution in [0.3, 0.4) is 0 Å². The Bertz CT molecular complexity index is 1230.